The number of amides is 1. The molecule has 6 heteroatoms. The molecule has 0 aromatic heterocycles. The smallest absolute Gasteiger partial charge is 0.252 e. The molecule has 1 aliphatic rings. The summed E-state index contributed by atoms with van der Waals surface area (Å²) in [5, 5.41) is 2.85. The zero-order valence-corrected chi connectivity index (χ0v) is 13.2. The maximum atomic E-state index is 12.4. The van der Waals surface area contributed by atoms with Crippen LogP contribution in [0.5, 0.6) is 0 Å². The van der Waals surface area contributed by atoms with Crippen molar-refractivity contribution in [2.45, 2.75) is 43.7 Å². The summed E-state index contributed by atoms with van der Waals surface area (Å²) in [5.41, 5.74) is 0.198. The van der Waals surface area contributed by atoms with Gasteiger partial charge in [0.2, 0.25) is 0 Å². The van der Waals surface area contributed by atoms with Crippen molar-refractivity contribution in [1.29, 1.82) is 0 Å². The van der Waals surface area contributed by atoms with Crippen LogP contribution in [0.3, 0.4) is 0 Å². The van der Waals surface area contributed by atoms with Gasteiger partial charge in [-0.05, 0) is 31.9 Å². The van der Waals surface area contributed by atoms with E-state index in [4.69, 9.17) is 4.74 Å². The monoisotopic (exact) mass is 311 g/mol. The van der Waals surface area contributed by atoms with E-state index in [1.54, 1.807) is 25.1 Å². The van der Waals surface area contributed by atoms with E-state index in [1.165, 1.54) is 6.07 Å². The highest BCUT2D eigenvalue weighted by atomic mass is 32.2. The standard InChI is InChI=1S/C15H21NO4S/c1-3-21(18,19)14-9-5-4-7-12(14)15(17)16-11(2)13-8-6-10-20-13/h4-5,7,9,11,13H,3,6,8,10H2,1-2H3,(H,16,17)/t11-,13-/m0/s1. The van der Waals surface area contributed by atoms with Crippen LogP contribution in [0.2, 0.25) is 0 Å². The number of rotatable bonds is 5. The minimum atomic E-state index is -3.42. The van der Waals surface area contributed by atoms with Crippen LogP contribution < -0.4 is 5.32 Å². The van der Waals surface area contributed by atoms with Crippen LogP contribution in [-0.4, -0.2) is 38.8 Å². The molecule has 1 aromatic rings. The number of benzene rings is 1. The van der Waals surface area contributed by atoms with Gasteiger partial charge in [0.1, 0.15) is 0 Å². The second-order valence-corrected chi connectivity index (χ2v) is 7.46. The zero-order chi connectivity index (χ0) is 15.5. The fourth-order valence-electron chi connectivity index (χ4n) is 2.46. The number of nitrogens with one attached hydrogen (secondary N) is 1. The summed E-state index contributed by atoms with van der Waals surface area (Å²) >= 11 is 0. The van der Waals surface area contributed by atoms with E-state index in [0.29, 0.717) is 6.61 Å². The van der Waals surface area contributed by atoms with Gasteiger partial charge in [-0.2, -0.15) is 0 Å². The second kappa shape index (κ2) is 6.58. The van der Waals surface area contributed by atoms with Crippen LogP contribution in [0.15, 0.2) is 29.2 Å². The Morgan fingerprint density at radius 2 is 2.14 bits per heavy atom. The van der Waals surface area contributed by atoms with Gasteiger partial charge in [-0.3, -0.25) is 4.79 Å². The van der Waals surface area contributed by atoms with Gasteiger partial charge in [0, 0.05) is 6.61 Å². The summed E-state index contributed by atoms with van der Waals surface area (Å²) in [7, 11) is -3.42. The number of sulfone groups is 1. The van der Waals surface area contributed by atoms with E-state index in [2.05, 4.69) is 5.32 Å². The first-order valence-corrected chi connectivity index (χ1v) is 8.85. The summed E-state index contributed by atoms with van der Waals surface area (Å²) in [6.45, 7) is 4.16. The fourth-order valence-corrected chi connectivity index (χ4v) is 3.55. The molecule has 0 unspecified atom stereocenters. The molecule has 0 bridgehead atoms. The first-order chi connectivity index (χ1) is 9.95. The van der Waals surface area contributed by atoms with Crippen molar-refractivity contribution >= 4 is 15.7 Å². The molecule has 0 aliphatic carbocycles. The van der Waals surface area contributed by atoms with Gasteiger partial charge in [-0.1, -0.05) is 19.1 Å². The normalized spacial score (nSPS) is 20.2. The van der Waals surface area contributed by atoms with Crippen LogP contribution >= 0.6 is 0 Å². The third-order valence-electron chi connectivity index (χ3n) is 3.73. The lowest BCUT2D eigenvalue weighted by molar-refractivity contribution is 0.0710. The fraction of sp³-hybridized carbons (Fsp3) is 0.533. The van der Waals surface area contributed by atoms with Gasteiger partial charge in [0.15, 0.2) is 9.84 Å². The van der Waals surface area contributed by atoms with Crippen LogP contribution in [-0.2, 0) is 14.6 Å². The first kappa shape index (κ1) is 16.0. The summed E-state index contributed by atoms with van der Waals surface area (Å²) < 4.78 is 29.7. The van der Waals surface area contributed by atoms with Crippen LogP contribution in [0.25, 0.3) is 0 Å². The van der Waals surface area contributed by atoms with Crippen molar-refractivity contribution in [2.75, 3.05) is 12.4 Å². The number of hydrogen-bond acceptors (Lipinski definition) is 4. The largest absolute Gasteiger partial charge is 0.376 e. The summed E-state index contributed by atoms with van der Waals surface area (Å²) in [6.07, 6.45) is 1.91. The molecule has 2 rings (SSSR count). The molecule has 1 heterocycles. The molecular weight excluding hydrogens is 290 g/mol. The summed E-state index contributed by atoms with van der Waals surface area (Å²) in [4.78, 5) is 12.5. The van der Waals surface area contributed by atoms with Crippen molar-refractivity contribution < 1.29 is 17.9 Å². The molecule has 21 heavy (non-hydrogen) atoms. The van der Waals surface area contributed by atoms with Crippen molar-refractivity contribution in [2.24, 2.45) is 0 Å². The molecule has 1 aliphatic heterocycles. The Balaban J connectivity index is 2.19. The minimum Gasteiger partial charge on any atom is -0.376 e. The molecule has 0 spiro atoms. The van der Waals surface area contributed by atoms with E-state index < -0.39 is 9.84 Å². The quantitative estimate of drug-likeness (QED) is 0.899. The highest BCUT2D eigenvalue weighted by molar-refractivity contribution is 7.91. The lowest BCUT2D eigenvalue weighted by atomic mass is 10.1. The Kier molecular flexibility index (Phi) is 5.00. The van der Waals surface area contributed by atoms with Gasteiger partial charge in [0.05, 0.1) is 28.4 Å². The number of ether oxygens (including phenoxy) is 1. The molecule has 2 atom stereocenters. The van der Waals surface area contributed by atoms with Gasteiger partial charge in [-0.25, -0.2) is 8.42 Å². The average molecular weight is 311 g/mol. The highest BCUT2D eigenvalue weighted by Gasteiger charge is 2.26. The van der Waals surface area contributed by atoms with Crippen LogP contribution in [0, 0.1) is 0 Å². The Bertz CT molecular complexity index is 606. The molecule has 1 aromatic carbocycles. The average Bonchev–Trinajstić information content (AvgIpc) is 3.01. The molecule has 0 saturated carbocycles. The summed E-state index contributed by atoms with van der Waals surface area (Å²) in [5.74, 6) is -0.399. The second-order valence-electron chi connectivity index (χ2n) is 5.21. The molecule has 0 radical (unpaired) electrons. The van der Waals surface area contributed by atoms with E-state index in [1.807, 2.05) is 6.92 Å². The molecule has 1 N–H and O–H groups in total. The minimum absolute atomic E-state index is 0.00361. The van der Waals surface area contributed by atoms with Crippen molar-refractivity contribution in [3.63, 3.8) is 0 Å². The van der Waals surface area contributed by atoms with E-state index >= 15 is 0 Å². The first-order valence-electron chi connectivity index (χ1n) is 7.20. The van der Waals surface area contributed by atoms with Crippen molar-refractivity contribution in [3.05, 3.63) is 29.8 Å². The van der Waals surface area contributed by atoms with Gasteiger partial charge in [-0.15, -0.1) is 0 Å². The Labute approximate surface area is 125 Å². The van der Waals surface area contributed by atoms with E-state index in [9.17, 15) is 13.2 Å². The van der Waals surface area contributed by atoms with E-state index in [0.717, 1.165) is 12.8 Å². The third-order valence-corrected chi connectivity index (χ3v) is 5.51. The SMILES string of the molecule is CCS(=O)(=O)c1ccccc1C(=O)N[C@@H](C)[C@@H]1CCCO1. The van der Waals surface area contributed by atoms with Gasteiger partial charge in [0.25, 0.3) is 5.91 Å². The molecule has 1 saturated heterocycles. The number of hydrogen-bond donors (Lipinski definition) is 1. The maximum Gasteiger partial charge on any atom is 0.252 e. The molecule has 5 nitrogen and oxygen atoms in total. The van der Waals surface area contributed by atoms with E-state index in [-0.39, 0.29) is 34.3 Å². The highest BCUT2D eigenvalue weighted by Crippen LogP contribution is 2.19. The van der Waals surface area contributed by atoms with Crippen molar-refractivity contribution in [3.8, 4) is 0 Å². The Morgan fingerprint density at radius 3 is 2.76 bits per heavy atom. The number of carbonyl (C=O) groups excluding carboxylic acids is 1. The maximum absolute atomic E-state index is 12.4. The van der Waals surface area contributed by atoms with Gasteiger partial charge >= 0.3 is 0 Å². The summed E-state index contributed by atoms with van der Waals surface area (Å²) in [6, 6.07) is 6.17. The lowest BCUT2D eigenvalue weighted by Gasteiger charge is -2.20. The zero-order valence-electron chi connectivity index (χ0n) is 12.3. The predicted octanol–water partition coefficient (Wildman–Crippen LogP) is 1.78. The van der Waals surface area contributed by atoms with Crippen molar-refractivity contribution in [1.82, 2.24) is 5.32 Å². The van der Waals surface area contributed by atoms with Crippen LogP contribution in [0.1, 0.15) is 37.0 Å². The number of carbonyl (C=O) groups is 1. The third kappa shape index (κ3) is 3.63. The molecule has 116 valence electrons. The lowest BCUT2D eigenvalue weighted by Crippen LogP contribution is -2.41. The molecule has 1 amide bonds. The van der Waals surface area contributed by atoms with Crippen LogP contribution in [0.4, 0.5) is 0 Å². The molecule has 1 fully saturated rings. The topological polar surface area (TPSA) is 72.5 Å². The predicted molar refractivity (Wildman–Crippen MR) is 80.1 cm³/mol. The molecular formula is C15H21NO4S. The van der Waals surface area contributed by atoms with Gasteiger partial charge < -0.3 is 10.1 Å². The Hall–Kier alpha value is -1.40. The Morgan fingerprint density at radius 1 is 1.43 bits per heavy atom.